The van der Waals surface area contributed by atoms with Gasteiger partial charge in [0.2, 0.25) is 0 Å². The molecule has 0 radical (unpaired) electrons. The standard InChI is InChI=1S/C9H14N2O/c1-6(12)9(11)7-4-2-3-5-8(7)10/h2-6,9,12H,10-11H2,1H3/t6-,9-/m0/s1. The van der Waals surface area contributed by atoms with Crippen molar-refractivity contribution in [2.45, 2.75) is 19.1 Å². The molecule has 0 saturated heterocycles. The van der Waals surface area contributed by atoms with Crippen molar-refractivity contribution in [2.75, 3.05) is 5.73 Å². The lowest BCUT2D eigenvalue weighted by atomic mass is 10.0. The van der Waals surface area contributed by atoms with Gasteiger partial charge in [0.05, 0.1) is 12.1 Å². The van der Waals surface area contributed by atoms with Crippen LogP contribution in [0.5, 0.6) is 0 Å². The first-order valence-corrected chi connectivity index (χ1v) is 3.91. The third-order valence-corrected chi connectivity index (χ3v) is 1.87. The van der Waals surface area contributed by atoms with Crippen LogP contribution in [0.25, 0.3) is 0 Å². The number of anilines is 1. The number of nitrogen functional groups attached to an aromatic ring is 1. The van der Waals surface area contributed by atoms with Gasteiger partial charge in [0.1, 0.15) is 0 Å². The number of aliphatic hydroxyl groups is 1. The number of rotatable bonds is 2. The molecule has 1 rings (SSSR count). The van der Waals surface area contributed by atoms with E-state index < -0.39 is 12.1 Å². The van der Waals surface area contributed by atoms with Crippen LogP contribution in [0.2, 0.25) is 0 Å². The van der Waals surface area contributed by atoms with Crippen LogP contribution in [0, 0.1) is 0 Å². The van der Waals surface area contributed by atoms with Crippen LogP contribution in [-0.2, 0) is 0 Å². The number of para-hydroxylation sites is 1. The van der Waals surface area contributed by atoms with Crippen molar-refractivity contribution in [1.29, 1.82) is 0 Å². The van der Waals surface area contributed by atoms with Gasteiger partial charge >= 0.3 is 0 Å². The van der Waals surface area contributed by atoms with E-state index in [0.717, 1.165) is 5.56 Å². The van der Waals surface area contributed by atoms with Crippen LogP contribution < -0.4 is 11.5 Å². The fourth-order valence-corrected chi connectivity index (χ4v) is 1.07. The van der Waals surface area contributed by atoms with Gasteiger partial charge in [0.15, 0.2) is 0 Å². The SMILES string of the molecule is C[C@H](O)[C@H](N)c1ccccc1N. The van der Waals surface area contributed by atoms with Gasteiger partial charge in [-0.25, -0.2) is 0 Å². The van der Waals surface area contributed by atoms with Gasteiger partial charge in [0, 0.05) is 5.69 Å². The van der Waals surface area contributed by atoms with Crippen molar-refractivity contribution >= 4 is 5.69 Å². The molecule has 1 aromatic carbocycles. The summed E-state index contributed by atoms with van der Waals surface area (Å²) in [5.74, 6) is 0. The number of nitrogens with two attached hydrogens (primary N) is 2. The zero-order valence-electron chi connectivity index (χ0n) is 7.07. The largest absolute Gasteiger partial charge is 0.398 e. The molecule has 0 aliphatic heterocycles. The van der Waals surface area contributed by atoms with Gasteiger partial charge in [-0.2, -0.15) is 0 Å². The smallest absolute Gasteiger partial charge is 0.0705 e. The highest BCUT2D eigenvalue weighted by Gasteiger charge is 2.13. The summed E-state index contributed by atoms with van der Waals surface area (Å²) in [6.45, 7) is 1.65. The summed E-state index contributed by atoms with van der Waals surface area (Å²) in [6, 6.07) is 6.90. The predicted molar refractivity (Wildman–Crippen MR) is 49.5 cm³/mol. The van der Waals surface area contributed by atoms with E-state index in [4.69, 9.17) is 11.5 Å². The first-order chi connectivity index (χ1) is 5.63. The Morgan fingerprint density at radius 3 is 2.42 bits per heavy atom. The summed E-state index contributed by atoms with van der Waals surface area (Å²) in [7, 11) is 0. The van der Waals surface area contributed by atoms with E-state index in [0.29, 0.717) is 5.69 Å². The molecule has 5 N–H and O–H groups in total. The highest BCUT2D eigenvalue weighted by atomic mass is 16.3. The molecule has 0 unspecified atom stereocenters. The van der Waals surface area contributed by atoms with Crippen molar-refractivity contribution in [1.82, 2.24) is 0 Å². The summed E-state index contributed by atoms with van der Waals surface area (Å²) in [5, 5.41) is 9.22. The minimum absolute atomic E-state index is 0.397. The number of hydrogen-bond acceptors (Lipinski definition) is 3. The molecule has 0 fully saturated rings. The third kappa shape index (κ3) is 1.75. The van der Waals surface area contributed by atoms with Crippen LogP contribution in [0.1, 0.15) is 18.5 Å². The maximum absolute atomic E-state index is 9.22. The van der Waals surface area contributed by atoms with E-state index in [1.807, 2.05) is 18.2 Å². The van der Waals surface area contributed by atoms with Crippen molar-refractivity contribution in [2.24, 2.45) is 5.73 Å². The van der Waals surface area contributed by atoms with E-state index in [9.17, 15) is 5.11 Å². The fourth-order valence-electron chi connectivity index (χ4n) is 1.07. The first-order valence-electron chi connectivity index (χ1n) is 3.91. The minimum Gasteiger partial charge on any atom is -0.398 e. The summed E-state index contributed by atoms with van der Waals surface area (Å²) in [5.41, 5.74) is 12.8. The Morgan fingerprint density at radius 2 is 1.92 bits per heavy atom. The second kappa shape index (κ2) is 3.56. The normalized spacial score (nSPS) is 15.6. The molecule has 3 heteroatoms. The Kier molecular flexibility index (Phi) is 2.68. The average Bonchev–Trinajstić information content (AvgIpc) is 2.04. The summed E-state index contributed by atoms with van der Waals surface area (Å²) in [4.78, 5) is 0. The molecule has 0 aliphatic carbocycles. The highest BCUT2D eigenvalue weighted by Crippen LogP contribution is 2.20. The van der Waals surface area contributed by atoms with Crippen LogP contribution in [0.4, 0.5) is 5.69 Å². The Bertz CT molecular complexity index is 260. The lowest BCUT2D eigenvalue weighted by Crippen LogP contribution is -2.24. The summed E-state index contributed by atoms with van der Waals surface area (Å²) >= 11 is 0. The minimum atomic E-state index is -0.574. The molecule has 2 atom stereocenters. The second-order valence-electron chi connectivity index (χ2n) is 2.90. The zero-order chi connectivity index (χ0) is 9.14. The highest BCUT2D eigenvalue weighted by molar-refractivity contribution is 5.48. The Morgan fingerprint density at radius 1 is 1.33 bits per heavy atom. The number of aliphatic hydroxyl groups excluding tert-OH is 1. The van der Waals surface area contributed by atoms with Gasteiger partial charge in [-0.15, -0.1) is 0 Å². The molecular formula is C9H14N2O. The van der Waals surface area contributed by atoms with E-state index in [1.54, 1.807) is 13.0 Å². The summed E-state index contributed by atoms with van der Waals surface area (Å²) in [6.07, 6.45) is -0.574. The lowest BCUT2D eigenvalue weighted by molar-refractivity contribution is 0.164. The Balaban J connectivity index is 2.94. The quantitative estimate of drug-likeness (QED) is 0.565. The predicted octanol–water partition coefficient (Wildman–Crippen LogP) is 0.649. The van der Waals surface area contributed by atoms with E-state index >= 15 is 0 Å². The Labute approximate surface area is 72.0 Å². The van der Waals surface area contributed by atoms with Crippen LogP contribution in [0.15, 0.2) is 24.3 Å². The van der Waals surface area contributed by atoms with Gasteiger partial charge in [0.25, 0.3) is 0 Å². The molecule has 3 nitrogen and oxygen atoms in total. The molecule has 12 heavy (non-hydrogen) atoms. The molecule has 66 valence electrons. The summed E-state index contributed by atoms with van der Waals surface area (Å²) < 4.78 is 0. The average molecular weight is 166 g/mol. The van der Waals surface area contributed by atoms with Gasteiger partial charge in [-0.1, -0.05) is 18.2 Å². The van der Waals surface area contributed by atoms with Crippen molar-refractivity contribution in [3.8, 4) is 0 Å². The van der Waals surface area contributed by atoms with Gasteiger partial charge in [-0.3, -0.25) is 0 Å². The Hall–Kier alpha value is -1.06. The van der Waals surface area contributed by atoms with Crippen molar-refractivity contribution in [3.63, 3.8) is 0 Å². The van der Waals surface area contributed by atoms with E-state index in [1.165, 1.54) is 0 Å². The molecule has 0 heterocycles. The van der Waals surface area contributed by atoms with Gasteiger partial charge in [-0.05, 0) is 18.6 Å². The first kappa shape index (κ1) is 9.03. The maximum atomic E-state index is 9.22. The van der Waals surface area contributed by atoms with E-state index in [-0.39, 0.29) is 0 Å². The maximum Gasteiger partial charge on any atom is 0.0705 e. The molecular weight excluding hydrogens is 152 g/mol. The molecule has 1 aromatic rings. The topological polar surface area (TPSA) is 72.3 Å². The molecule has 0 spiro atoms. The van der Waals surface area contributed by atoms with Crippen LogP contribution in [0.3, 0.4) is 0 Å². The van der Waals surface area contributed by atoms with Crippen molar-refractivity contribution < 1.29 is 5.11 Å². The third-order valence-electron chi connectivity index (χ3n) is 1.87. The molecule has 0 amide bonds. The second-order valence-corrected chi connectivity index (χ2v) is 2.90. The van der Waals surface area contributed by atoms with Crippen molar-refractivity contribution in [3.05, 3.63) is 29.8 Å². The van der Waals surface area contributed by atoms with Crippen LogP contribution >= 0.6 is 0 Å². The number of benzene rings is 1. The molecule has 0 aliphatic rings. The number of hydrogen-bond donors (Lipinski definition) is 3. The lowest BCUT2D eigenvalue weighted by Gasteiger charge is -2.16. The fraction of sp³-hybridized carbons (Fsp3) is 0.333. The zero-order valence-corrected chi connectivity index (χ0v) is 7.07. The van der Waals surface area contributed by atoms with Crippen LogP contribution in [-0.4, -0.2) is 11.2 Å². The van der Waals surface area contributed by atoms with E-state index in [2.05, 4.69) is 0 Å². The molecule has 0 saturated carbocycles. The molecule has 0 aromatic heterocycles. The monoisotopic (exact) mass is 166 g/mol. The molecule has 0 bridgehead atoms. The van der Waals surface area contributed by atoms with Gasteiger partial charge < -0.3 is 16.6 Å².